The summed E-state index contributed by atoms with van der Waals surface area (Å²) in [5.41, 5.74) is 2.12. The van der Waals surface area contributed by atoms with Crippen LogP contribution in [0.25, 0.3) is 21.5 Å². The lowest BCUT2D eigenvalue weighted by molar-refractivity contribution is -0.104. The van der Waals surface area contributed by atoms with Crippen LogP contribution >= 0.6 is 11.3 Å². The largest absolute Gasteiger partial charge is 0.376 e. The van der Waals surface area contributed by atoms with Crippen LogP contribution in [0.3, 0.4) is 0 Å². The molecule has 4 aromatic heterocycles. The van der Waals surface area contributed by atoms with Crippen LogP contribution < -0.4 is 5.32 Å². The number of thiophene rings is 1. The summed E-state index contributed by atoms with van der Waals surface area (Å²) in [6, 6.07) is 4.25. The molecule has 4 aromatic rings. The molecule has 1 N–H and O–H groups in total. The zero-order chi connectivity index (χ0) is 19.1. The van der Waals surface area contributed by atoms with Gasteiger partial charge in [-0.25, -0.2) is 9.97 Å². The minimum absolute atomic E-state index is 0.361. The second-order valence-electron chi connectivity index (χ2n) is 6.79. The number of ether oxygens (including phenoxy) is 1. The lowest BCUT2D eigenvalue weighted by atomic mass is 9.94. The van der Waals surface area contributed by atoms with Crippen molar-refractivity contribution in [2.45, 2.75) is 12.0 Å². The second-order valence-corrected chi connectivity index (χ2v) is 7.68. The SMILES string of the molecule is Cn1cc(Nc2nc(-c3cnn(C4(CC#N)COC4)c3)c3ccsc3n2)cn1. The van der Waals surface area contributed by atoms with Crippen molar-refractivity contribution in [2.24, 2.45) is 7.05 Å². The first kappa shape index (κ1) is 16.9. The van der Waals surface area contributed by atoms with Gasteiger partial charge in [-0.2, -0.15) is 15.5 Å². The molecule has 5 heterocycles. The Kier molecular flexibility index (Phi) is 3.85. The van der Waals surface area contributed by atoms with E-state index in [0.29, 0.717) is 25.6 Å². The molecule has 0 aromatic carbocycles. The van der Waals surface area contributed by atoms with Crippen molar-refractivity contribution in [1.29, 1.82) is 5.26 Å². The fourth-order valence-corrected chi connectivity index (χ4v) is 4.01. The fraction of sp³-hybridized carbons (Fsp3) is 0.278. The van der Waals surface area contributed by atoms with E-state index >= 15 is 0 Å². The number of hydrogen-bond acceptors (Lipinski definition) is 8. The molecule has 0 unspecified atom stereocenters. The van der Waals surface area contributed by atoms with E-state index in [1.54, 1.807) is 28.4 Å². The molecule has 10 heteroatoms. The maximum absolute atomic E-state index is 9.16. The average Bonchev–Trinajstić information content (AvgIpc) is 3.38. The summed E-state index contributed by atoms with van der Waals surface area (Å²) in [5.74, 6) is 0.504. The molecule has 0 aliphatic carbocycles. The fourth-order valence-electron chi connectivity index (χ4n) is 3.25. The highest BCUT2D eigenvalue weighted by Gasteiger charge is 2.41. The summed E-state index contributed by atoms with van der Waals surface area (Å²) < 4.78 is 8.90. The van der Waals surface area contributed by atoms with Gasteiger partial charge < -0.3 is 10.1 Å². The van der Waals surface area contributed by atoms with Crippen molar-refractivity contribution in [3.63, 3.8) is 0 Å². The van der Waals surface area contributed by atoms with E-state index in [1.807, 2.05) is 35.6 Å². The third-order valence-electron chi connectivity index (χ3n) is 4.78. The van der Waals surface area contributed by atoms with Crippen LogP contribution in [-0.2, 0) is 17.3 Å². The molecule has 1 fully saturated rings. The van der Waals surface area contributed by atoms with E-state index in [2.05, 4.69) is 26.6 Å². The third-order valence-corrected chi connectivity index (χ3v) is 5.58. The molecule has 1 saturated heterocycles. The Bertz CT molecular complexity index is 1200. The molecule has 0 saturated carbocycles. The van der Waals surface area contributed by atoms with Gasteiger partial charge in [-0.05, 0) is 11.4 Å². The molecule has 0 atom stereocenters. The molecular weight excluding hydrogens is 376 g/mol. The summed E-state index contributed by atoms with van der Waals surface area (Å²) in [6.07, 6.45) is 7.67. The monoisotopic (exact) mass is 392 g/mol. The average molecular weight is 392 g/mol. The predicted octanol–water partition coefficient (Wildman–Crippen LogP) is 2.67. The highest BCUT2D eigenvalue weighted by atomic mass is 32.1. The minimum atomic E-state index is -0.384. The predicted molar refractivity (Wildman–Crippen MR) is 104 cm³/mol. The highest BCUT2D eigenvalue weighted by molar-refractivity contribution is 7.16. The number of aryl methyl sites for hydroxylation is 1. The third kappa shape index (κ3) is 2.72. The van der Waals surface area contributed by atoms with Crippen molar-refractivity contribution in [1.82, 2.24) is 29.5 Å². The van der Waals surface area contributed by atoms with Crippen molar-refractivity contribution in [2.75, 3.05) is 18.5 Å². The molecule has 1 aliphatic rings. The van der Waals surface area contributed by atoms with Gasteiger partial charge >= 0.3 is 0 Å². The van der Waals surface area contributed by atoms with Crippen LogP contribution in [-0.4, -0.2) is 42.7 Å². The molecular formula is C18H16N8OS. The van der Waals surface area contributed by atoms with Gasteiger partial charge in [-0.1, -0.05) is 0 Å². The van der Waals surface area contributed by atoms with Gasteiger partial charge in [0.25, 0.3) is 0 Å². The zero-order valence-corrected chi connectivity index (χ0v) is 15.8. The Balaban J connectivity index is 1.55. The van der Waals surface area contributed by atoms with Crippen LogP contribution in [0.4, 0.5) is 11.6 Å². The molecule has 0 bridgehead atoms. The zero-order valence-electron chi connectivity index (χ0n) is 15.0. The van der Waals surface area contributed by atoms with Gasteiger partial charge in [0.15, 0.2) is 0 Å². The lowest BCUT2D eigenvalue weighted by Crippen LogP contribution is -2.51. The van der Waals surface area contributed by atoms with Gasteiger partial charge in [-0.3, -0.25) is 9.36 Å². The Morgan fingerprint density at radius 2 is 2.18 bits per heavy atom. The molecule has 5 rings (SSSR count). The summed E-state index contributed by atoms with van der Waals surface area (Å²) in [6.45, 7) is 0.986. The number of fused-ring (bicyclic) bond motifs is 1. The number of rotatable bonds is 5. The van der Waals surface area contributed by atoms with E-state index in [-0.39, 0.29) is 5.54 Å². The van der Waals surface area contributed by atoms with Crippen molar-refractivity contribution < 1.29 is 4.74 Å². The summed E-state index contributed by atoms with van der Waals surface area (Å²) in [5, 5.41) is 24.0. The van der Waals surface area contributed by atoms with Gasteiger partial charge in [0.2, 0.25) is 5.95 Å². The number of aromatic nitrogens is 6. The maximum Gasteiger partial charge on any atom is 0.229 e. The van der Waals surface area contributed by atoms with Crippen molar-refractivity contribution >= 4 is 33.2 Å². The molecule has 1 aliphatic heterocycles. The quantitative estimate of drug-likeness (QED) is 0.556. The van der Waals surface area contributed by atoms with Crippen LogP contribution in [0.2, 0.25) is 0 Å². The topological polar surface area (TPSA) is 106 Å². The Labute approximate surface area is 164 Å². The lowest BCUT2D eigenvalue weighted by Gasteiger charge is -2.39. The van der Waals surface area contributed by atoms with Crippen LogP contribution in [0.1, 0.15) is 6.42 Å². The van der Waals surface area contributed by atoms with E-state index in [9.17, 15) is 0 Å². The normalized spacial score (nSPS) is 15.3. The highest BCUT2D eigenvalue weighted by Crippen LogP contribution is 2.34. The van der Waals surface area contributed by atoms with Crippen LogP contribution in [0, 0.1) is 11.3 Å². The number of nitrogens with zero attached hydrogens (tertiary/aromatic N) is 7. The van der Waals surface area contributed by atoms with Gasteiger partial charge in [0.1, 0.15) is 10.4 Å². The Morgan fingerprint density at radius 3 is 2.89 bits per heavy atom. The van der Waals surface area contributed by atoms with Crippen LogP contribution in [0.15, 0.2) is 36.2 Å². The van der Waals surface area contributed by atoms with E-state index in [4.69, 9.17) is 15.0 Å². The van der Waals surface area contributed by atoms with Gasteiger partial charge in [0.05, 0.1) is 49.5 Å². The summed E-state index contributed by atoms with van der Waals surface area (Å²) in [7, 11) is 1.86. The first-order valence-electron chi connectivity index (χ1n) is 8.68. The molecule has 0 spiro atoms. The Hall–Kier alpha value is -3.29. The summed E-state index contributed by atoms with van der Waals surface area (Å²) in [4.78, 5) is 10.2. The van der Waals surface area contributed by atoms with Crippen LogP contribution in [0.5, 0.6) is 0 Å². The van der Waals surface area contributed by atoms with E-state index in [0.717, 1.165) is 27.2 Å². The van der Waals surface area contributed by atoms with Crippen molar-refractivity contribution in [3.8, 4) is 17.3 Å². The second kappa shape index (κ2) is 6.40. The molecule has 0 amide bonds. The summed E-state index contributed by atoms with van der Waals surface area (Å²) >= 11 is 1.56. The van der Waals surface area contributed by atoms with E-state index < -0.39 is 0 Å². The number of hydrogen-bond donors (Lipinski definition) is 1. The number of nitrogens with one attached hydrogen (secondary N) is 1. The minimum Gasteiger partial charge on any atom is -0.376 e. The smallest absolute Gasteiger partial charge is 0.229 e. The van der Waals surface area contributed by atoms with Gasteiger partial charge in [0, 0.05) is 30.4 Å². The first-order chi connectivity index (χ1) is 13.7. The Morgan fingerprint density at radius 1 is 1.29 bits per heavy atom. The first-order valence-corrected chi connectivity index (χ1v) is 9.56. The van der Waals surface area contributed by atoms with Crippen molar-refractivity contribution in [3.05, 3.63) is 36.2 Å². The van der Waals surface area contributed by atoms with E-state index in [1.165, 1.54) is 0 Å². The molecule has 28 heavy (non-hydrogen) atoms. The standard InChI is InChI=1S/C18H16N8OS/c1-25-9-13(7-20-25)22-17-23-15(14-2-5-28-16(14)24-17)12-6-21-26(8-12)18(3-4-19)10-27-11-18/h2,5-9H,3,10-11H2,1H3,(H,22,23,24). The number of nitriles is 1. The molecule has 9 nitrogen and oxygen atoms in total. The maximum atomic E-state index is 9.16. The van der Waals surface area contributed by atoms with Gasteiger partial charge in [-0.15, -0.1) is 11.3 Å². The molecule has 140 valence electrons. The molecule has 0 radical (unpaired) electrons. The number of anilines is 2.